The van der Waals surface area contributed by atoms with E-state index in [0.717, 1.165) is 17.7 Å². The van der Waals surface area contributed by atoms with E-state index in [2.05, 4.69) is 5.32 Å². The molecule has 3 rings (SSSR count). The van der Waals surface area contributed by atoms with Crippen LogP contribution in [0.5, 0.6) is 11.5 Å². The first-order valence-corrected chi connectivity index (χ1v) is 8.07. The minimum Gasteiger partial charge on any atom is -0.490 e. The average molecular weight is 326 g/mol. The first kappa shape index (κ1) is 16.2. The normalized spacial score (nSPS) is 13.1. The molecule has 0 aliphatic carbocycles. The summed E-state index contributed by atoms with van der Waals surface area (Å²) in [6.07, 6.45) is 0.846. The van der Waals surface area contributed by atoms with Crippen molar-refractivity contribution in [1.82, 2.24) is 5.32 Å². The maximum absolute atomic E-state index is 12.3. The first-order chi connectivity index (χ1) is 11.6. The number of hydrogen-bond donors (Lipinski definition) is 1. The summed E-state index contributed by atoms with van der Waals surface area (Å²) in [5.41, 5.74) is 2.76. The smallest absolute Gasteiger partial charge is 0.251 e. The van der Waals surface area contributed by atoms with Crippen LogP contribution in [0.25, 0.3) is 0 Å². The molecule has 24 heavy (non-hydrogen) atoms. The molecular weight excluding hydrogens is 304 g/mol. The van der Waals surface area contributed by atoms with E-state index in [1.807, 2.05) is 43.3 Å². The standard InChI is InChI=1S/C19H22N2O3/c1-21(2)16-7-4-14(5-8-16)13-20-19(22)15-6-9-17-18(12-15)24-11-3-10-23-17/h4-9,12H,3,10-11,13H2,1-2H3,(H,20,22). The molecule has 0 saturated heterocycles. The molecule has 0 spiro atoms. The van der Waals surface area contributed by atoms with Crippen LogP contribution < -0.4 is 19.7 Å². The van der Waals surface area contributed by atoms with Crippen molar-refractivity contribution in [3.8, 4) is 11.5 Å². The lowest BCUT2D eigenvalue weighted by atomic mass is 10.1. The fourth-order valence-corrected chi connectivity index (χ4v) is 2.50. The number of nitrogens with zero attached hydrogens (tertiary/aromatic N) is 1. The lowest BCUT2D eigenvalue weighted by molar-refractivity contribution is 0.0950. The number of anilines is 1. The van der Waals surface area contributed by atoms with Crippen molar-refractivity contribution < 1.29 is 14.3 Å². The number of amides is 1. The van der Waals surface area contributed by atoms with Gasteiger partial charge in [-0.15, -0.1) is 0 Å². The zero-order valence-corrected chi connectivity index (χ0v) is 14.0. The van der Waals surface area contributed by atoms with Crippen LogP contribution in [-0.4, -0.2) is 33.2 Å². The quantitative estimate of drug-likeness (QED) is 0.939. The number of benzene rings is 2. The van der Waals surface area contributed by atoms with Gasteiger partial charge < -0.3 is 19.7 Å². The second-order valence-electron chi connectivity index (χ2n) is 5.96. The number of ether oxygens (including phenoxy) is 2. The van der Waals surface area contributed by atoms with E-state index in [1.165, 1.54) is 0 Å². The summed E-state index contributed by atoms with van der Waals surface area (Å²) >= 11 is 0. The van der Waals surface area contributed by atoms with Crippen molar-refractivity contribution in [3.05, 3.63) is 53.6 Å². The van der Waals surface area contributed by atoms with Gasteiger partial charge in [-0.2, -0.15) is 0 Å². The van der Waals surface area contributed by atoms with E-state index < -0.39 is 0 Å². The van der Waals surface area contributed by atoms with Crippen LogP contribution in [0.3, 0.4) is 0 Å². The van der Waals surface area contributed by atoms with Crippen LogP contribution >= 0.6 is 0 Å². The molecule has 5 heteroatoms. The van der Waals surface area contributed by atoms with Gasteiger partial charge in [-0.05, 0) is 35.9 Å². The Morgan fingerprint density at radius 3 is 2.46 bits per heavy atom. The number of fused-ring (bicyclic) bond motifs is 1. The van der Waals surface area contributed by atoms with E-state index in [0.29, 0.717) is 36.8 Å². The lowest BCUT2D eigenvalue weighted by Gasteiger charge is -2.13. The fraction of sp³-hybridized carbons (Fsp3) is 0.316. The van der Waals surface area contributed by atoms with Gasteiger partial charge in [0.2, 0.25) is 0 Å². The Hall–Kier alpha value is -2.69. The zero-order valence-electron chi connectivity index (χ0n) is 14.0. The molecule has 1 aliphatic heterocycles. The van der Waals surface area contributed by atoms with Gasteiger partial charge in [0.1, 0.15) is 0 Å². The number of hydrogen-bond acceptors (Lipinski definition) is 4. The van der Waals surface area contributed by atoms with E-state index >= 15 is 0 Å². The minimum atomic E-state index is -0.123. The maximum Gasteiger partial charge on any atom is 0.251 e. The molecule has 0 aromatic heterocycles. The van der Waals surface area contributed by atoms with Crippen LogP contribution in [0.4, 0.5) is 5.69 Å². The Labute approximate surface area is 142 Å². The van der Waals surface area contributed by atoms with E-state index in [1.54, 1.807) is 18.2 Å². The van der Waals surface area contributed by atoms with Crippen LogP contribution in [0, 0.1) is 0 Å². The third-order valence-corrected chi connectivity index (χ3v) is 3.92. The second-order valence-corrected chi connectivity index (χ2v) is 5.96. The highest BCUT2D eigenvalue weighted by Crippen LogP contribution is 2.30. The first-order valence-electron chi connectivity index (χ1n) is 8.07. The number of carbonyl (C=O) groups excluding carboxylic acids is 1. The summed E-state index contributed by atoms with van der Waals surface area (Å²) in [5.74, 6) is 1.21. The van der Waals surface area contributed by atoms with Crippen LogP contribution in [-0.2, 0) is 6.54 Å². The van der Waals surface area contributed by atoms with Crippen molar-refractivity contribution >= 4 is 11.6 Å². The number of carbonyl (C=O) groups is 1. The topological polar surface area (TPSA) is 50.8 Å². The van der Waals surface area contributed by atoms with Gasteiger partial charge in [0.15, 0.2) is 11.5 Å². The molecule has 1 amide bonds. The molecule has 1 N–H and O–H groups in total. The molecule has 2 aromatic carbocycles. The van der Waals surface area contributed by atoms with Gasteiger partial charge in [-0.3, -0.25) is 4.79 Å². The van der Waals surface area contributed by atoms with Gasteiger partial charge in [-0.1, -0.05) is 12.1 Å². The Morgan fingerprint density at radius 2 is 1.75 bits per heavy atom. The van der Waals surface area contributed by atoms with Crippen molar-refractivity contribution in [1.29, 1.82) is 0 Å². The fourth-order valence-electron chi connectivity index (χ4n) is 2.50. The van der Waals surface area contributed by atoms with Crippen LogP contribution in [0.15, 0.2) is 42.5 Å². The number of nitrogens with one attached hydrogen (secondary N) is 1. The SMILES string of the molecule is CN(C)c1ccc(CNC(=O)c2ccc3c(c2)OCCCO3)cc1. The minimum absolute atomic E-state index is 0.123. The van der Waals surface area contributed by atoms with Gasteiger partial charge in [-0.25, -0.2) is 0 Å². The molecular formula is C19H22N2O3. The molecule has 0 fully saturated rings. The van der Waals surface area contributed by atoms with Crippen molar-refractivity contribution in [2.45, 2.75) is 13.0 Å². The summed E-state index contributed by atoms with van der Waals surface area (Å²) in [4.78, 5) is 14.4. The Balaban J connectivity index is 1.63. The largest absolute Gasteiger partial charge is 0.490 e. The molecule has 0 atom stereocenters. The van der Waals surface area contributed by atoms with E-state index in [-0.39, 0.29) is 5.91 Å². The highest BCUT2D eigenvalue weighted by molar-refractivity contribution is 5.94. The zero-order chi connectivity index (χ0) is 16.9. The molecule has 0 saturated carbocycles. The molecule has 126 valence electrons. The van der Waals surface area contributed by atoms with Crippen LogP contribution in [0.2, 0.25) is 0 Å². The second kappa shape index (κ2) is 7.25. The van der Waals surface area contributed by atoms with E-state index in [4.69, 9.17) is 9.47 Å². The monoisotopic (exact) mass is 326 g/mol. The van der Waals surface area contributed by atoms with Crippen molar-refractivity contribution in [2.75, 3.05) is 32.2 Å². The average Bonchev–Trinajstić information content (AvgIpc) is 2.84. The molecule has 0 bridgehead atoms. The van der Waals surface area contributed by atoms with Gasteiger partial charge in [0.25, 0.3) is 5.91 Å². The summed E-state index contributed by atoms with van der Waals surface area (Å²) in [7, 11) is 4.00. The predicted molar refractivity (Wildman–Crippen MR) is 94.0 cm³/mol. The van der Waals surface area contributed by atoms with Gasteiger partial charge >= 0.3 is 0 Å². The van der Waals surface area contributed by atoms with Gasteiger partial charge in [0, 0.05) is 38.3 Å². The molecule has 0 unspecified atom stereocenters. The summed E-state index contributed by atoms with van der Waals surface area (Å²) < 4.78 is 11.2. The molecule has 1 aliphatic rings. The molecule has 5 nitrogen and oxygen atoms in total. The summed E-state index contributed by atoms with van der Waals surface area (Å²) in [6, 6.07) is 13.4. The van der Waals surface area contributed by atoms with Gasteiger partial charge in [0.05, 0.1) is 13.2 Å². The molecule has 2 aromatic rings. The number of rotatable bonds is 4. The lowest BCUT2D eigenvalue weighted by Crippen LogP contribution is -2.22. The third kappa shape index (κ3) is 3.79. The Bertz CT molecular complexity index is 711. The van der Waals surface area contributed by atoms with Crippen molar-refractivity contribution in [3.63, 3.8) is 0 Å². The highest BCUT2D eigenvalue weighted by atomic mass is 16.5. The maximum atomic E-state index is 12.3. The highest BCUT2D eigenvalue weighted by Gasteiger charge is 2.14. The Kier molecular flexibility index (Phi) is 4.89. The van der Waals surface area contributed by atoms with Crippen molar-refractivity contribution in [2.24, 2.45) is 0 Å². The third-order valence-electron chi connectivity index (χ3n) is 3.92. The summed E-state index contributed by atoms with van der Waals surface area (Å²) in [6.45, 7) is 1.73. The molecule has 1 heterocycles. The van der Waals surface area contributed by atoms with E-state index in [9.17, 15) is 4.79 Å². The molecule has 0 radical (unpaired) electrons. The Morgan fingerprint density at radius 1 is 1.04 bits per heavy atom. The van der Waals surface area contributed by atoms with Crippen LogP contribution in [0.1, 0.15) is 22.3 Å². The summed E-state index contributed by atoms with van der Waals surface area (Å²) in [5, 5.41) is 2.94. The predicted octanol–water partition coefficient (Wildman–Crippen LogP) is 2.84.